The molecule has 3 N–H and O–H groups in total. The van der Waals surface area contributed by atoms with Gasteiger partial charge in [0.05, 0.1) is 6.61 Å². The van der Waals surface area contributed by atoms with E-state index in [-0.39, 0.29) is 30.5 Å². The minimum atomic E-state index is -0.855. The third kappa shape index (κ3) is 4.39. The molecular formula is C19H26N2O5. The second-order valence-corrected chi connectivity index (χ2v) is 6.91. The molecule has 2 amide bonds. The Kier molecular flexibility index (Phi) is 5.54. The van der Waals surface area contributed by atoms with Gasteiger partial charge in [0.1, 0.15) is 17.6 Å². The second-order valence-electron chi connectivity index (χ2n) is 6.91. The first-order valence-corrected chi connectivity index (χ1v) is 9.20. The summed E-state index contributed by atoms with van der Waals surface area (Å²) in [5, 5.41) is 14.2. The van der Waals surface area contributed by atoms with Crippen molar-refractivity contribution in [2.45, 2.75) is 57.6 Å². The standard InChI is InChI=1S/C19H26N2O5/c1-3-25-17-8-12-7-11(2)26-16(12)10-14(17)13-9-15(13)21-19(24)20-6-4-5-18(22)23/h8,10-11,13,15H,3-7,9H2,1-2H3,(H,22,23)(H2,20,21,24). The molecule has 3 atom stereocenters. The van der Waals surface area contributed by atoms with Crippen molar-refractivity contribution in [3.8, 4) is 11.5 Å². The van der Waals surface area contributed by atoms with Gasteiger partial charge in [-0.2, -0.15) is 0 Å². The number of carbonyl (C=O) groups is 2. The number of carboxylic acid groups (broad SMARTS) is 1. The van der Waals surface area contributed by atoms with Crippen LogP contribution >= 0.6 is 0 Å². The number of fused-ring (bicyclic) bond motifs is 1. The fourth-order valence-electron chi connectivity index (χ4n) is 3.38. The molecule has 1 fully saturated rings. The zero-order valence-electron chi connectivity index (χ0n) is 15.2. The van der Waals surface area contributed by atoms with E-state index in [9.17, 15) is 9.59 Å². The van der Waals surface area contributed by atoms with Crippen LogP contribution in [0.15, 0.2) is 12.1 Å². The third-order valence-corrected chi connectivity index (χ3v) is 4.69. The summed E-state index contributed by atoms with van der Waals surface area (Å²) in [5.41, 5.74) is 2.25. The highest BCUT2D eigenvalue weighted by Gasteiger charge is 2.42. The molecule has 0 radical (unpaired) electrons. The van der Waals surface area contributed by atoms with Crippen molar-refractivity contribution in [1.29, 1.82) is 0 Å². The number of urea groups is 1. The Morgan fingerprint density at radius 2 is 2.19 bits per heavy atom. The van der Waals surface area contributed by atoms with Crippen LogP contribution in [-0.2, 0) is 11.2 Å². The van der Waals surface area contributed by atoms with Gasteiger partial charge in [-0.15, -0.1) is 0 Å². The van der Waals surface area contributed by atoms with Crippen molar-refractivity contribution in [3.05, 3.63) is 23.3 Å². The lowest BCUT2D eigenvalue weighted by Gasteiger charge is -2.13. The van der Waals surface area contributed by atoms with Gasteiger partial charge in [-0.3, -0.25) is 4.79 Å². The predicted molar refractivity (Wildman–Crippen MR) is 96.0 cm³/mol. The predicted octanol–water partition coefficient (Wildman–Crippen LogP) is 2.43. The summed E-state index contributed by atoms with van der Waals surface area (Å²) in [6.45, 7) is 4.96. The zero-order valence-corrected chi connectivity index (χ0v) is 15.2. The summed E-state index contributed by atoms with van der Waals surface area (Å²) >= 11 is 0. The Balaban J connectivity index is 1.56. The molecule has 3 unspecified atom stereocenters. The van der Waals surface area contributed by atoms with Crippen LogP contribution in [-0.4, -0.2) is 42.4 Å². The van der Waals surface area contributed by atoms with E-state index in [2.05, 4.69) is 29.7 Å². The summed E-state index contributed by atoms with van der Waals surface area (Å²) in [5.74, 6) is 1.15. The van der Waals surface area contributed by atoms with Crippen LogP contribution in [0, 0.1) is 0 Å². The Hall–Kier alpha value is -2.44. The van der Waals surface area contributed by atoms with Crippen LogP contribution in [0.4, 0.5) is 4.79 Å². The fraction of sp³-hybridized carbons (Fsp3) is 0.579. The number of amides is 2. The topological polar surface area (TPSA) is 96.9 Å². The van der Waals surface area contributed by atoms with Crippen molar-refractivity contribution >= 4 is 12.0 Å². The molecule has 1 aromatic rings. The van der Waals surface area contributed by atoms with Gasteiger partial charge in [-0.1, -0.05) is 0 Å². The molecule has 0 aromatic heterocycles. The van der Waals surface area contributed by atoms with E-state index in [4.69, 9.17) is 14.6 Å². The summed E-state index contributed by atoms with van der Waals surface area (Å²) in [7, 11) is 0. The molecule has 7 heteroatoms. The summed E-state index contributed by atoms with van der Waals surface area (Å²) in [4.78, 5) is 22.4. The van der Waals surface area contributed by atoms with Gasteiger partial charge in [-0.25, -0.2) is 4.79 Å². The number of nitrogens with one attached hydrogen (secondary N) is 2. The van der Waals surface area contributed by atoms with Crippen LogP contribution in [0.2, 0.25) is 0 Å². The Labute approximate surface area is 153 Å². The van der Waals surface area contributed by atoms with E-state index >= 15 is 0 Å². The summed E-state index contributed by atoms with van der Waals surface area (Å²) in [6.07, 6.45) is 2.40. The van der Waals surface area contributed by atoms with Crippen molar-refractivity contribution < 1.29 is 24.2 Å². The average Bonchev–Trinajstić information content (AvgIpc) is 3.22. The van der Waals surface area contributed by atoms with E-state index in [0.717, 1.165) is 29.9 Å². The third-order valence-electron chi connectivity index (χ3n) is 4.69. The van der Waals surface area contributed by atoms with Crippen LogP contribution in [0.3, 0.4) is 0 Å². The molecule has 0 spiro atoms. The van der Waals surface area contributed by atoms with Gasteiger partial charge in [0.2, 0.25) is 0 Å². The molecule has 1 saturated carbocycles. The lowest BCUT2D eigenvalue weighted by molar-refractivity contribution is -0.137. The number of benzene rings is 1. The second kappa shape index (κ2) is 7.85. The van der Waals surface area contributed by atoms with Crippen molar-refractivity contribution in [3.63, 3.8) is 0 Å². The molecule has 142 valence electrons. The van der Waals surface area contributed by atoms with Crippen LogP contribution in [0.25, 0.3) is 0 Å². The molecule has 0 bridgehead atoms. The molecule has 7 nitrogen and oxygen atoms in total. The average molecular weight is 362 g/mol. The molecule has 2 aliphatic rings. The maximum absolute atomic E-state index is 11.9. The number of ether oxygens (including phenoxy) is 2. The van der Waals surface area contributed by atoms with E-state index in [1.54, 1.807) is 0 Å². The van der Waals surface area contributed by atoms with Crippen LogP contribution in [0.1, 0.15) is 50.2 Å². The van der Waals surface area contributed by atoms with Crippen molar-refractivity contribution in [2.24, 2.45) is 0 Å². The number of hydrogen-bond acceptors (Lipinski definition) is 4. The largest absolute Gasteiger partial charge is 0.494 e. The maximum atomic E-state index is 11.9. The molecule has 1 heterocycles. The van der Waals surface area contributed by atoms with Crippen LogP contribution < -0.4 is 20.1 Å². The highest BCUT2D eigenvalue weighted by Crippen LogP contribution is 2.48. The molecule has 0 saturated heterocycles. The molecular weight excluding hydrogens is 336 g/mol. The van der Waals surface area contributed by atoms with Gasteiger partial charge in [0, 0.05) is 42.5 Å². The molecule has 26 heavy (non-hydrogen) atoms. The number of aliphatic carboxylic acids is 1. The first kappa shape index (κ1) is 18.4. The van der Waals surface area contributed by atoms with E-state index in [0.29, 0.717) is 19.6 Å². The molecule has 3 rings (SSSR count). The summed E-state index contributed by atoms with van der Waals surface area (Å²) < 4.78 is 11.7. The maximum Gasteiger partial charge on any atom is 0.315 e. The minimum absolute atomic E-state index is 0.0532. The highest BCUT2D eigenvalue weighted by molar-refractivity contribution is 5.75. The smallest absolute Gasteiger partial charge is 0.315 e. The van der Waals surface area contributed by atoms with Crippen LogP contribution in [0.5, 0.6) is 11.5 Å². The van der Waals surface area contributed by atoms with E-state index < -0.39 is 5.97 Å². The fourth-order valence-corrected chi connectivity index (χ4v) is 3.38. The van der Waals surface area contributed by atoms with Gasteiger partial charge in [-0.05, 0) is 38.8 Å². The van der Waals surface area contributed by atoms with Gasteiger partial charge in [0.25, 0.3) is 0 Å². The lowest BCUT2D eigenvalue weighted by Crippen LogP contribution is -2.37. The Bertz CT molecular complexity index is 691. The normalized spacial score (nSPS) is 22.9. The Morgan fingerprint density at radius 3 is 2.92 bits per heavy atom. The number of rotatable bonds is 8. The monoisotopic (exact) mass is 362 g/mol. The van der Waals surface area contributed by atoms with E-state index in [1.165, 1.54) is 5.56 Å². The Morgan fingerprint density at radius 1 is 1.38 bits per heavy atom. The number of carboxylic acids is 1. The quantitative estimate of drug-likeness (QED) is 0.617. The summed E-state index contributed by atoms with van der Waals surface area (Å²) in [6, 6.07) is 3.93. The van der Waals surface area contributed by atoms with Crippen molar-refractivity contribution in [2.75, 3.05) is 13.2 Å². The number of hydrogen-bond donors (Lipinski definition) is 3. The lowest BCUT2D eigenvalue weighted by atomic mass is 10.0. The van der Waals surface area contributed by atoms with E-state index in [1.807, 2.05) is 6.92 Å². The first-order chi connectivity index (χ1) is 12.5. The zero-order chi connectivity index (χ0) is 18.7. The minimum Gasteiger partial charge on any atom is -0.494 e. The SMILES string of the molecule is CCOc1cc2c(cc1C1CC1NC(=O)NCCCC(=O)O)OC(C)C2. The van der Waals surface area contributed by atoms with Gasteiger partial charge in [0.15, 0.2) is 0 Å². The molecule has 1 aliphatic heterocycles. The highest BCUT2D eigenvalue weighted by atomic mass is 16.5. The molecule has 1 aromatic carbocycles. The molecule has 1 aliphatic carbocycles. The van der Waals surface area contributed by atoms with Gasteiger partial charge >= 0.3 is 12.0 Å². The number of carbonyl (C=O) groups excluding carboxylic acids is 1. The van der Waals surface area contributed by atoms with Crippen molar-refractivity contribution in [1.82, 2.24) is 10.6 Å². The van der Waals surface area contributed by atoms with Gasteiger partial charge < -0.3 is 25.2 Å². The first-order valence-electron chi connectivity index (χ1n) is 9.20.